The summed E-state index contributed by atoms with van der Waals surface area (Å²) in [4.78, 5) is 9.31. The third-order valence-electron chi connectivity index (χ3n) is 5.07. The summed E-state index contributed by atoms with van der Waals surface area (Å²) in [5, 5.41) is 3.94. The third kappa shape index (κ3) is 6.01. The molecule has 0 spiro atoms. The maximum Gasteiger partial charge on any atom is 0.888 e. The van der Waals surface area contributed by atoms with Gasteiger partial charge in [-0.3, -0.25) is 0 Å². The second-order valence-corrected chi connectivity index (χ2v) is 7.50. The van der Waals surface area contributed by atoms with Crippen LogP contribution in [0, 0.1) is 23.3 Å². The molecule has 3 heterocycles. The van der Waals surface area contributed by atoms with Crippen LogP contribution in [0.2, 0.25) is 0 Å². The average Bonchev–Trinajstić information content (AvgIpc) is 3.38. The number of halogens is 4. The first-order valence-corrected chi connectivity index (χ1v) is 10.8. The molecule has 0 saturated heterocycles. The van der Waals surface area contributed by atoms with Gasteiger partial charge in [-0.1, -0.05) is 0 Å². The molecule has 193 valence electrons. The van der Waals surface area contributed by atoms with Gasteiger partial charge in [0.1, 0.15) is 23.3 Å². The van der Waals surface area contributed by atoms with E-state index in [-0.39, 0.29) is 54.1 Å². The van der Waals surface area contributed by atoms with E-state index >= 15 is 0 Å². The zero-order valence-corrected chi connectivity index (χ0v) is 21.5. The van der Waals surface area contributed by atoms with Gasteiger partial charge in [-0.2, -0.15) is 0 Å². The van der Waals surface area contributed by atoms with Crippen molar-refractivity contribution in [3.05, 3.63) is 115 Å². The van der Waals surface area contributed by atoms with Crippen molar-refractivity contribution < 1.29 is 51.7 Å². The fraction of sp³-hybridized carbons (Fsp3) is 0. The molecule has 0 aliphatic rings. The van der Waals surface area contributed by atoms with Crippen LogP contribution in [-0.4, -0.2) is 27.2 Å². The topological polar surface area (TPSA) is 71.3 Å². The van der Waals surface area contributed by atoms with Gasteiger partial charge in [0.2, 0.25) is 11.8 Å². The standard InChI is InChI=1S/C25H15BF4N4O3.Ir/c27-16-6-8-18(22(29)14-16)20-4-1-10-31-24(20)35-26(37-34-13-3-12-33-34)36-25-21(5-2-11-32-25)19-9-7-17(28)15-23(19)30;/h1-15H;. The first-order valence-electron chi connectivity index (χ1n) is 10.8. The average molecular weight is 698 g/mol. The van der Waals surface area contributed by atoms with E-state index in [1.54, 1.807) is 18.2 Å². The van der Waals surface area contributed by atoms with Crippen LogP contribution in [0.5, 0.6) is 11.8 Å². The molecule has 0 amide bonds. The number of benzene rings is 2. The maximum atomic E-state index is 14.5. The van der Waals surface area contributed by atoms with Gasteiger partial charge in [-0.05, 0) is 54.6 Å². The van der Waals surface area contributed by atoms with Gasteiger partial charge in [0.25, 0.3) is 0 Å². The summed E-state index contributed by atoms with van der Waals surface area (Å²) in [6.07, 6.45) is 5.69. The van der Waals surface area contributed by atoms with Gasteiger partial charge >= 0.3 is 7.32 Å². The second kappa shape index (κ2) is 11.9. The molecule has 1 radical (unpaired) electrons. The SMILES string of the molecule is Fc1ccc(-c2cccnc2OB(Oc2ncccc2-c2ccc(F)cc2F)On2cccn2)c(F)c1.[Ir]. The van der Waals surface area contributed by atoms with E-state index in [9.17, 15) is 17.6 Å². The summed E-state index contributed by atoms with van der Waals surface area (Å²) in [6.45, 7) is 0. The Morgan fingerprint density at radius 2 is 1.16 bits per heavy atom. The van der Waals surface area contributed by atoms with E-state index < -0.39 is 30.6 Å². The van der Waals surface area contributed by atoms with Crippen molar-refractivity contribution in [2.75, 3.05) is 0 Å². The zero-order chi connectivity index (χ0) is 25.8. The summed E-state index contributed by atoms with van der Waals surface area (Å²) in [5.74, 6) is -3.38. The molecule has 7 nitrogen and oxygen atoms in total. The van der Waals surface area contributed by atoms with Crippen LogP contribution in [0.4, 0.5) is 17.6 Å². The van der Waals surface area contributed by atoms with Gasteiger partial charge in [0, 0.05) is 66.9 Å². The van der Waals surface area contributed by atoms with Crippen molar-refractivity contribution in [2.45, 2.75) is 0 Å². The van der Waals surface area contributed by atoms with E-state index in [1.165, 1.54) is 49.1 Å². The van der Waals surface area contributed by atoms with E-state index in [0.717, 1.165) is 29.1 Å². The summed E-state index contributed by atoms with van der Waals surface area (Å²) >= 11 is 0. The molecule has 0 aliphatic heterocycles. The number of pyridine rings is 2. The van der Waals surface area contributed by atoms with Gasteiger partial charge in [0.05, 0.1) is 12.4 Å². The molecule has 0 bridgehead atoms. The summed E-state index contributed by atoms with van der Waals surface area (Å²) in [6, 6.07) is 13.9. The van der Waals surface area contributed by atoms with Crippen LogP contribution in [0.15, 0.2) is 91.5 Å². The molecular formula is C25H15BF4IrN4O3. The molecule has 0 saturated carbocycles. The van der Waals surface area contributed by atoms with Crippen molar-refractivity contribution in [3.63, 3.8) is 0 Å². The summed E-state index contributed by atoms with van der Waals surface area (Å²) in [5.41, 5.74) is 0.412. The van der Waals surface area contributed by atoms with Gasteiger partial charge in [-0.15, -0.1) is 9.94 Å². The quantitative estimate of drug-likeness (QED) is 0.166. The molecule has 2 aromatic carbocycles. The zero-order valence-electron chi connectivity index (χ0n) is 19.1. The predicted molar refractivity (Wildman–Crippen MR) is 125 cm³/mol. The Morgan fingerprint density at radius 3 is 1.61 bits per heavy atom. The minimum absolute atomic E-state index is 0. The van der Waals surface area contributed by atoms with Crippen LogP contribution in [-0.2, 0) is 20.1 Å². The normalized spacial score (nSPS) is 10.4. The predicted octanol–water partition coefficient (Wildman–Crippen LogP) is 5.13. The van der Waals surface area contributed by atoms with Crippen molar-refractivity contribution in [3.8, 4) is 34.0 Å². The Hall–Kier alpha value is -4.22. The van der Waals surface area contributed by atoms with Crippen molar-refractivity contribution in [2.24, 2.45) is 0 Å². The second-order valence-electron chi connectivity index (χ2n) is 7.50. The molecular weight excluding hydrogens is 683 g/mol. The largest absolute Gasteiger partial charge is 0.888 e. The number of aromatic nitrogens is 4. The molecule has 5 aromatic rings. The summed E-state index contributed by atoms with van der Waals surface area (Å²) in [7, 11) is -1.62. The first kappa shape index (κ1) is 26.8. The van der Waals surface area contributed by atoms with E-state index in [2.05, 4.69) is 15.1 Å². The van der Waals surface area contributed by atoms with E-state index in [1.807, 2.05) is 0 Å². The molecule has 0 atom stereocenters. The van der Waals surface area contributed by atoms with E-state index in [4.69, 9.17) is 14.1 Å². The maximum absolute atomic E-state index is 14.5. The van der Waals surface area contributed by atoms with E-state index in [0.29, 0.717) is 0 Å². The van der Waals surface area contributed by atoms with Gasteiger partial charge < -0.3 is 14.1 Å². The Kier molecular flexibility index (Phi) is 8.39. The van der Waals surface area contributed by atoms with Crippen LogP contribution in [0.1, 0.15) is 0 Å². The number of nitrogens with zero attached hydrogens (tertiary/aromatic N) is 4. The fourth-order valence-electron chi connectivity index (χ4n) is 3.45. The molecule has 0 aliphatic carbocycles. The Bertz CT molecular complexity index is 1450. The Balaban J connectivity index is 0.00000336. The number of rotatable bonds is 8. The van der Waals surface area contributed by atoms with Crippen LogP contribution >= 0.6 is 0 Å². The first-order chi connectivity index (χ1) is 18.0. The fourth-order valence-corrected chi connectivity index (χ4v) is 3.45. The number of hydrogen-bond donors (Lipinski definition) is 0. The molecule has 3 aromatic heterocycles. The molecule has 38 heavy (non-hydrogen) atoms. The number of hydrogen-bond acceptors (Lipinski definition) is 6. The molecule has 0 unspecified atom stereocenters. The Labute approximate surface area is 227 Å². The minimum Gasteiger partial charge on any atom is -0.473 e. The van der Waals surface area contributed by atoms with Crippen molar-refractivity contribution in [1.82, 2.24) is 19.9 Å². The summed E-state index contributed by atoms with van der Waals surface area (Å²) < 4.78 is 73.3. The van der Waals surface area contributed by atoms with Crippen LogP contribution in [0.3, 0.4) is 0 Å². The molecule has 0 fully saturated rings. The minimum atomic E-state index is -1.62. The molecule has 0 N–H and O–H groups in total. The molecule has 13 heteroatoms. The van der Waals surface area contributed by atoms with Gasteiger partial charge in [0.15, 0.2) is 0 Å². The monoisotopic (exact) mass is 699 g/mol. The molecule has 5 rings (SSSR count). The van der Waals surface area contributed by atoms with Crippen molar-refractivity contribution in [1.29, 1.82) is 0 Å². The third-order valence-corrected chi connectivity index (χ3v) is 5.07. The van der Waals surface area contributed by atoms with Crippen LogP contribution in [0.25, 0.3) is 22.3 Å². The Morgan fingerprint density at radius 1 is 0.632 bits per heavy atom. The smallest absolute Gasteiger partial charge is 0.473 e. The van der Waals surface area contributed by atoms with Crippen molar-refractivity contribution >= 4 is 7.32 Å². The van der Waals surface area contributed by atoms with Crippen LogP contribution < -0.4 is 14.1 Å². The van der Waals surface area contributed by atoms with Gasteiger partial charge in [-0.25, -0.2) is 27.5 Å².